The Balaban J connectivity index is 2.25. The molecule has 0 aromatic rings. The van der Waals surface area contributed by atoms with Gasteiger partial charge in [-0.3, -0.25) is 0 Å². The fourth-order valence-corrected chi connectivity index (χ4v) is 6.00. The summed E-state index contributed by atoms with van der Waals surface area (Å²) in [5.74, 6) is 0. The van der Waals surface area contributed by atoms with Crippen molar-refractivity contribution in [3.05, 3.63) is 0 Å². The molecule has 0 radical (unpaired) electrons. The van der Waals surface area contributed by atoms with E-state index >= 15 is 0 Å². The first-order valence-electron chi connectivity index (χ1n) is 19.2. The van der Waals surface area contributed by atoms with Gasteiger partial charge in [-0.2, -0.15) is 0 Å². The summed E-state index contributed by atoms with van der Waals surface area (Å²) in [7, 11) is 0. The summed E-state index contributed by atoms with van der Waals surface area (Å²) >= 11 is 0. The summed E-state index contributed by atoms with van der Waals surface area (Å²) in [6.07, 6.45) is 24.4. The van der Waals surface area contributed by atoms with Crippen molar-refractivity contribution in [3.8, 4) is 0 Å². The minimum atomic E-state index is -1.46. The number of aliphatic hydroxyl groups excluding tert-OH is 4. The Morgan fingerprint density at radius 3 is 1.38 bits per heavy atom. The second kappa shape index (κ2) is 31.0. The molecule has 8 heteroatoms. The number of ether oxygens (including phenoxy) is 4. The van der Waals surface area contributed by atoms with Crippen LogP contribution in [0.4, 0.5) is 0 Å². The molecule has 1 rings (SSSR count). The molecule has 4 N–H and O–H groups in total. The minimum Gasteiger partial charge on any atom is -0.394 e. The molecule has 0 aromatic carbocycles. The number of rotatable bonds is 33. The van der Waals surface area contributed by atoms with E-state index in [2.05, 4.69) is 13.8 Å². The van der Waals surface area contributed by atoms with Crippen LogP contribution in [0.5, 0.6) is 0 Å². The summed E-state index contributed by atoms with van der Waals surface area (Å²) in [6, 6.07) is 0. The van der Waals surface area contributed by atoms with Crippen LogP contribution in [0.25, 0.3) is 0 Å². The molecule has 0 amide bonds. The van der Waals surface area contributed by atoms with Gasteiger partial charge in [-0.05, 0) is 12.8 Å². The van der Waals surface area contributed by atoms with Crippen molar-refractivity contribution in [2.24, 2.45) is 0 Å². The van der Waals surface area contributed by atoms with E-state index in [0.29, 0.717) is 19.8 Å². The summed E-state index contributed by atoms with van der Waals surface area (Å²) < 4.78 is 23.4. The van der Waals surface area contributed by atoms with Crippen molar-refractivity contribution < 1.29 is 39.4 Å². The van der Waals surface area contributed by atoms with Crippen LogP contribution in [0.3, 0.4) is 0 Å². The second-order valence-electron chi connectivity index (χ2n) is 13.4. The van der Waals surface area contributed by atoms with Crippen molar-refractivity contribution in [2.45, 2.75) is 205 Å². The lowest BCUT2D eigenvalue weighted by Crippen LogP contribution is -2.59. The Morgan fingerprint density at radius 2 is 0.933 bits per heavy atom. The molecule has 0 aliphatic carbocycles. The Labute approximate surface area is 277 Å². The third-order valence-electron chi connectivity index (χ3n) is 9.09. The maximum Gasteiger partial charge on any atom is 0.186 e. The highest BCUT2D eigenvalue weighted by Gasteiger charge is 2.44. The third-order valence-corrected chi connectivity index (χ3v) is 9.09. The molecule has 8 nitrogen and oxygen atoms in total. The molecular weight excluding hydrogens is 572 g/mol. The molecule has 0 unspecified atom stereocenters. The summed E-state index contributed by atoms with van der Waals surface area (Å²) in [6.45, 7) is 5.84. The summed E-state index contributed by atoms with van der Waals surface area (Å²) in [5.41, 5.74) is 0. The van der Waals surface area contributed by atoms with Crippen LogP contribution in [-0.2, 0) is 18.9 Å². The SMILES string of the molecule is CCCCCCCCCCCCCCOC[C@H](CO[C@H]1O[C@H](CO)[C@H](O)[C@H](O)[C@H]1O)OCCCCCCCCCCCCCC. The van der Waals surface area contributed by atoms with Gasteiger partial charge >= 0.3 is 0 Å². The first-order chi connectivity index (χ1) is 22.0. The van der Waals surface area contributed by atoms with Gasteiger partial charge in [-0.25, -0.2) is 0 Å². The Morgan fingerprint density at radius 1 is 0.511 bits per heavy atom. The number of unbranched alkanes of at least 4 members (excludes halogenated alkanes) is 22. The predicted octanol–water partition coefficient (Wildman–Crippen LogP) is 7.61. The highest BCUT2D eigenvalue weighted by molar-refractivity contribution is 4.89. The molecule has 1 aliphatic heterocycles. The van der Waals surface area contributed by atoms with E-state index in [1.807, 2.05) is 0 Å². The summed E-state index contributed by atoms with van der Waals surface area (Å²) in [4.78, 5) is 0. The monoisotopic (exact) mass is 647 g/mol. The number of hydrogen-bond donors (Lipinski definition) is 4. The minimum absolute atomic E-state index is 0.124. The van der Waals surface area contributed by atoms with Crippen molar-refractivity contribution in [3.63, 3.8) is 0 Å². The topological polar surface area (TPSA) is 118 Å². The molecule has 0 saturated carbocycles. The van der Waals surface area contributed by atoms with Gasteiger partial charge in [-0.1, -0.05) is 155 Å². The zero-order valence-corrected chi connectivity index (χ0v) is 29.4. The lowest BCUT2D eigenvalue weighted by molar-refractivity contribution is -0.306. The van der Waals surface area contributed by atoms with E-state index < -0.39 is 37.3 Å². The highest BCUT2D eigenvalue weighted by Crippen LogP contribution is 2.22. The van der Waals surface area contributed by atoms with Crippen molar-refractivity contribution in [2.75, 3.05) is 33.0 Å². The first kappa shape index (κ1) is 42.7. The first-order valence-corrected chi connectivity index (χ1v) is 19.2. The van der Waals surface area contributed by atoms with E-state index in [0.717, 1.165) is 19.3 Å². The standard InChI is InChI=1S/C37H74O8/c1-3-5-7-9-11-13-15-17-19-21-23-25-27-42-30-32(31-44-37-36(41)35(40)34(39)33(29-38)45-37)43-28-26-24-22-20-18-16-14-12-10-8-6-4-2/h32-41H,3-31H2,1-2H3/t32-,33-,34+,35+,36-,37+/m1/s1. The van der Waals surface area contributed by atoms with E-state index in [9.17, 15) is 20.4 Å². The van der Waals surface area contributed by atoms with E-state index in [1.54, 1.807) is 0 Å². The van der Waals surface area contributed by atoms with Gasteiger partial charge in [-0.15, -0.1) is 0 Å². The van der Waals surface area contributed by atoms with Crippen LogP contribution >= 0.6 is 0 Å². The Kier molecular flexibility index (Phi) is 29.4. The zero-order chi connectivity index (χ0) is 32.8. The normalized spacial score (nSPS) is 22.7. The average Bonchev–Trinajstić information content (AvgIpc) is 3.05. The molecular formula is C37H74O8. The lowest BCUT2D eigenvalue weighted by Gasteiger charge is -2.39. The van der Waals surface area contributed by atoms with Gasteiger partial charge < -0.3 is 39.4 Å². The smallest absolute Gasteiger partial charge is 0.186 e. The predicted molar refractivity (Wildman–Crippen MR) is 182 cm³/mol. The van der Waals surface area contributed by atoms with Crippen LogP contribution in [0, 0.1) is 0 Å². The molecule has 1 saturated heterocycles. The fraction of sp³-hybridized carbons (Fsp3) is 1.00. The van der Waals surface area contributed by atoms with Crippen LogP contribution in [0.15, 0.2) is 0 Å². The van der Waals surface area contributed by atoms with Crippen LogP contribution in [0.1, 0.15) is 168 Å². The second-order valence-corrected chi connectivity index (χ2v) is 13.4. The molecule has 0 bridgehead atoms. The maximum absolute atomic E-state index is 10.3. The molecule has 270 valence electrons. The zero-order valence-electron chi connectivity index (χ0n) is 29.4. The fourth-order valence-electron chi connectivity index (χ4n) is 6.00. The van der Waals surface area contributed by atoms with Crippen LogP contribution < -0.4 is 0 Å². The van der Waals surface area contributed by atoms with Gasteiger partial charge in [0, 0.05) is 13.2 Å². The molecule has 0 aromatic heterocycles. The van der Waals surface area contributed by atoms with Crippen molar-refractivity contribution in [1.29, 1.82) is 0 Å². The molecule has 6 atom stereocenters. The van der Waals surface area contributed by atoms with Gasteiger partial charge in [0.05, 0.1) is 19.8 Å². The lowest BCUT2D eigenvalue weighted by atomic mass is 9.99. The quantitative estimate of drug-likeness (QED) is 0.0539. The molecule has 1 fully saturated rings. The van der Waals surface area contributed by atoms with Gasteiger partial charge in [0.2, 0.25) is 0 Å². The van der Waals surface area contributed by atoms with Crippen LogP contribution in [0.2, 0.25) is 0 Å². The molecule has 1 heterocycles. The molecule has 0 spiro atoms. The Hall–Kier alpha value is -0.320. The largest absolute Gasteiger partial charge is 0.394 e. The number of aliphatic hydroxyl groups is 4. The highest BCUT2D eigenvalue weighted by atomic mass is 16.7. The average molecular weight is 647 g/mol. The van der Waals surface area contributed by atoms with Gasteiger partial charge in [0.25, 0.3) is 0 Å². The van der Waals surface area contributed by atoms with Crippen molar-refractivity contribution >= 4 is 0 Å². The van der Waals surface area contributed by atoms with E-state index in [-0.39, 0.29) is 12.7 Å². The summed E-state index contributed by atoms with van der Waals surface area (Å²) in [5, 5.41) is 39.9. The van der Waals surface area contributed by atoms with Crippen molar-refractivity contribution in [1.82, 2.24) is 0 Å². The molecule has 45 heavy (non-hydrogen) atoms. The van der Waals surface area contributed by atoms with E-state index in [4.69, 9.17) is 18.9 Å². The Bertz CT molecular complexity index is 607. The third kappa shape index (κ3) is 22.8. The number of hydrogen-bond acceptors (Lipinski definition) is 8. The van der Waals surface area contributed by atoms with E-state index in [1.165, 1.54) is 135 Å². The van der Waals surface area contributed by atoms with Crippen LogP contribution in [-0.4, -0.2) is 90.3 Å². The van der Waals surface area contributed by atoms with Gasteiger partial charge in [0.1, 0.15) is 30.5 Å². The van der Waals surface area contributed by atoms with Gasteiger partial charge in [0.15, 0.2) is 6.29 Å². The molecule has 1 aliphatic rings. The maximum atomic E-state index is 10.3.